The molecule has 0 saturated heterocycles. The van der Waals surface area contributed by atoms with Crippen molar-refractivity contribution < 1.29 is 23.7 Å². The number of aryl methyl sites for hydroxylation is 1. The lowest BCUT2D eigenvalue weighted by atomic mass is 10.1. The molecule has 0 saturated carbocycles. The van der Waals surface area contributed by atoms with Crippen LogP contribution in [0.3, 0.4) is 0 Å². The first-order valence-electron chi connectivity index (χ1n) is 10.9. The summed E-state index contributed by atoms with van der Waals surface area (Å²) in [4.78, 5) is 16.7. The molecule has 0 radical (unpaired) electrons. The van der Waals surface area contributed by atoms with Gasteiger partial charge in [-0.15, -0.1) is 0 Å². The van der Waals surface area contributed by atoms with Gasteiger partial charge in [-0.3, -0.25) is 0 Å². The number of hydrogen-bond donors (Lipinski definition) is 0. The van der Waals surface area contributed by atoms with Gasteiger partial charge in [0.2, 0.25) is 5.90 Å². The Morgan fingerprint density at radius 1 is 0.912 bits per heavy atom. The number of ether oxygens (including phenoxy) is 4. The summed E-state index contributed by atoms with van der Waals surface area (Å²) in [7, 11) is 0. The van der Waals surface area contributed by atoms with Crippen molar-refractivity contribution in [3.8, 4) is 11.5 Å². The number of rotatable bonds is 10. The molecule has 0 bridgehead atoms. The summed E-state index contributed by atoms with van der Waals surface area (Å²) in [5.74, 6) is 1.12. The third-order valence-corrected chi connectivity index (χ3v) is 5.14. The number of nitrogens with zero attached hydrogens (tertiary/aromatic N) is 1. The molecule has 0 spiro atoms. The average Bonchev–Trinajstić information content (AvgIpc) is 3.21. The Morgan fingerprint density at radius 2 is 1.65 bits per heavy atom. The monoisotopic (exact) mass is 477 g/mol. The van der Waals surface area contributed by atoms with Crippen molar-refractivity contribution in [2.75, 3.05) is 26.4 Å². The third-order valence-electron chi connectivity index (χ3n) is 4.91. The lowest BCUT2D eigenvalue weighted by Gasteiger charge is -2.11. The molecule has 0 unspecified atom stereocenters. The highest BCUT2D eigenvalue weighted by atomic mass is 35.5. The molecule has 1 heterocycles. The van der Waals surface area contributed by atoms with E-state index in [1.807, 2.05) is 61.5 Å². The number of benzene rings is 3. The van der Waals surface area contributed by atoms with E-state index < -0.39 is 5.97 Å². The third kappa shape index (κ3) is 6.47. The number of esters is 1. The van der Waals surface area contributed by atoms with Gasteiger partial charge in [0.1, 0.15) is 24.7 Å². The Balaban J connectivity index is 1.31. The molecule has 0 N–H and O–H groups in total. The molecule has 7 heteroatoms. The zero-order valence-electron chi connectivity index (χ0n) is 18.7. The van der Waals surface area contributed by atoms with Gasteiger partial charge < -0.3 is 18.9 Å². The van der Waals surface area contributed by atoms with E-state index in [4.69, 9.17) is 30.5 Å². The molecule has 6 nitrogen and oxygen atoms in total. The fraction of sp³-hybridized carbons (Fsp3) is 0.185. The van der Waals surface area contributed by atoms with E-state index in [0.717, 1.165) is 11.3 Å². The first kappa shape index (κ1) is 23.5. The summed E-state index contributed by atoms with van der Waals surface area (Å²) >= 11 is 6.17. The van der Waals surface area contributed by atoms with E-state index in [-0.39, 0.29) is 11.6 Å². The van der Waals surface area contributed by atoms with Gasteiger partial charge in [0, 0.05) is 16.1 Å². The fourth-order valence-corrected chi connectivity index (χ4v) is 3.37. The van der Waals surface area contributed by atoms with E-state index in [1.54, 1.807) is 24.3 Å². The summed E-state index contributed by atoms with van der Waals surface area (Å²) in [6.07, 6.45) is 1.61. The van der Waals surface area contributed by atoms with Crippen LogP contribution in [0, 0.1) is 6.92 Å². The molecule has 34 heavy (non-hydrogen) atoms. The van der Waals surface area contributed by atoms with Crippen LogP contribution in [0.15, 0.2) is 83.5 Å². The number of cyclic esters (lactones) is 1. The van der Waals surface area contributed by atoms with Crippen molar-refractivity contribution in [2.45, 2.75) is 6.92 Å². The van der Waals surface area contributed by atoms with Crippen LogP contribution in [-0.4, -0.2) is 38.3 Å². The number of aliphatic imine (C=N–C) groups is 1. The van der Waals surface area contributed by atoms with Crippen LogP contribution in [0.5, 0.6) is 11.5 Å². The molecule has 0 amide bonds. The van der Waals surface area contributed by atoms with Gasteiger partial charge in [0.25, 0.3) is 0 Å². The van der Waals surface area contributed by atoms with Crippen LogP contribution < -0.4 is 9.47 Å². The Hall–Kier alpha value is -3.61. The van der Waals surface area contributed by atoms with Gasteiger partial charge in [-0.25, -0.2) is 9.79 Å². The minimum Gasteiger partial charge on any atom is -0.491 e. The zero-order chi connectivity index (χ0) is 23.8. The minimum atomic E-state index is -0.526. The molecule has 1 aliphatic heterocycles. The van der Waals surface area contributed by atoms with Gasteiger partial charge in [-0.1, -0.05) is 47.5 Å². The van der Waals surface area contributed by atoms with Crippen molar-refractivity contribution in [3.05, 3.63) is 100 Å². The van der Waals surface area contributed by atoms with Crippen LogP contribution >= 0.6 is 11.6 Å². The molecule has 3 aromatic carbocycles. The number of hydrogen-bond acceptors (Lipinski definition) is 6. The number of carbonyl (C=O) groups is 1. The fourth-order valence-electron chi connectivity index (χ4n) is 3.19. The maximum atomic E-state index is 12.3. The van der Waals surface area contributed by atoms with Crippen LogP contribution in [0.25, 0.3) is 6.08 Å². The Morgan fingerprint density at radius 3 is 2.41 bits per heavy atom. The lowest BCUT2D eigenvalue weighted by molar-refractivity contribution is -0.129. The summed E-state index contributed by atoms with van der Waals surface area (Å²) in [6, 6.07) is 22.3. The largest absolute Gasteiger partial charge is 0.491 e. The molecule has 3 aromatic rings. The van der Waals surface area contributed by atoms with Crippen molar-refractivity contribution in [2.24, 2.45) is 4.99 Å². The Labute approximate surface area is 203 Å². The standard InChI is InChI=1S/C27H24ClNO5/c1-19-7-10-23(11-8-19)32-15-13-31-14-16-33-25-12-9-22(28)17-21(25)18-24-27(30)34-26(29-24)20-5-3-2-4-6-20/h2-12,17-18H,13-16H2,1H3. The van der Waals surface area contributed by atoms with Crippen LogP contribution in [0.2, 0.25) is 5.02 Å². The van der Waals surface area contributed by atoms with Crippen molar-refractivity contribution >= 4 is 29.5 Å². The van der Waals surface area contributed by atoms with Gasteiger partial charge in [0.05, 0.1) is 13.2 Å². The smallest absolute Gasteiger partial charge is 0.363 e. The predicted molar refractivity (Wildman–Crippen MR) is 131 cm³/mol. The minimum absolute atomic E-state index is 0.176. The van der Waals surface area contributed by atoms with Crippen molar-refractivity contribution in [1.29, 1.82) is 0 Å². The topological polar surface area (TPSA) is 66.3 Å². The van der Waals surface area contributed by atoms with E-state index in [1.165, 1.54) is 5.56 Å². The second kappa shape index (κ2) is 11.5. The molecule has 0 atom stereocenters. The second-order valence-electron chi connectivity index (χ2n) is 7.51. The van der Waals surface area contributed by atoms with Crippen molar-refractivity contribution in [1.82, 2.24) is 0 Å². The van der Waals surface area contributed by atoms with E-state index in [2.05, 4.69) is 4.99 Å². The molecule has 0 fully saturated rings. The number of carbonyl (C=O) groups excluding carboxylic acids is 1. The molecule has 1 aliphatic rings. The SMILES string of the molecule is Cc1ccc(OCCOCCOc2ccc(Cl)cc2C=C2N=C(c3ccccc3)OC2=O)cc1. The van der Waals surface area contributed by atoms with Crippen LogP contribution in [0.4, 0.5) is 0 Å². The summed E-state index contributed by atoms with van der Waals surface area (Å²) < 4.78 is 22.4. The summed E-state index contributed by atoms with van der Waals surface area (Å²) in [6.45, 7) is 3.63. The van der Waals surface area contributed by atoms with Crippen molar-refractivity contribution in [3.63, 3.8) is 0 Å². The van der Waals surface area contributed by atoms with Crippen LogP contribution in [0.1, 0.15) is 16.7 Å². The van der Waals surface area contributed by atoms with E-state index >= 15 is 0 Å². The van der Waals surface area contributed by atoms with E-state index in [9.17, 15) is 4.79 Å². The molecule has 0 aliphatic carbocycles. The Kier molecular flexibility index (Phi) is 7.96. The average molecular weight is 478 g/mol. The first-order chi connectivity index (χ1) is 16.6. The van der Waals surface area contributed by atoms with E-state index in [0.29, 0.717) is 42.8 Å². The highest BCUT2D eigenvalue weighted by Gasteiger charge is 2.24. The van der Waals surface area contributed by atoms with Gasteiger partial charge in [-0.2, -0.15) is 0 Å². The van der Waals surface area contributed by atoms with Crippen LogP contribution in [-0.2, 0) is 14.3 Å². The quantitative estimate of drug-likeness (QED) is 0.220. The maximum absolute atomic E-state index is 12.3. The first-order valence-corrected chi connectivity index (χ1v) is 11.2. The van der Waals surface area contributed by atoms with Gasteiger partial charge in [0.15, 0.2) is 5.70 Å². The number of halogens is 1. The summed E-state index contributed by atoms with van der Waals surface area (Å²) in [5, 5.41) is 0.516. The molecule has 174 valence electrons. The molecule has 0 aromatic heterocycles. The predicted octanol–water partition coefficient (Wildman–Crippen LogP) is 5.47. The molecule has 4 rings (SSSR count). The Bertz CT molecular complexity index is 1190. The lowest BCUT2D eigenvalue weighted by Crippen LogP contribution is -2.12. The highest BCUT2D eigenvalue weighted by molar-refractivity contribution is 6.30. The highest BCUT2D eigenvalue weighted by Crippen LogP contribution is 2.27. The maximum Gasteiger partial charge on any atom is 0.363 e. The van der Waals surface area contributed by atoms with Gasteiger partial charge >= 0.3 is 5.97 Å². The normalized spacial score (nSPS) is 14.1. The van der Waals surface area contributed by atoms with Gasteiger partial charge in [-0.05, 0) is 55.5 Å². The molecular weight excluding hydrogens is 454 g/mol. The zero-order valence-corrected chi connectivity index (χ0v) is 19.5. The molecular formula is C27H24ClNO5. The second-order valence-corrected chi connectivity index (χ2v) is 7.94. The summed E-state index contributed by atoms with van der Waals surface area (Å²) in [5.41, 5.74) is 2.72.